The van der Waals surface area contributed by atoms with Crippen LogP contribution in [0.1, 0.15) is 13.8 Å². The Labute approximate surface area is 110 Å². The number of halogens is 1. The van der Waals surface area contributed by atoms with Crippen molar-refractivity contribution in [1.82, 2.24) is 4.90 Å². The molecule has 0 aliphatic heterocycles. The van der Waals surface area contributed by atoms with Gasteiger partial charge in [-0.05, 0) is 40.6 Å². The maximum atomic E-state index is 11.8. The summed E-state index contributed by atoms with van der Waals surface area (Å²) in [6.45, 7) is 4.95. The van der Waals surface area contributed by atoms with Crippen molar-refractivity contribution >= 4 is 34.3 Å². The standard InChI is InChI=1S/C12H17IN2O/c1-9(2)8-15(3)12(16)14-11-7-5-4-6-10(11)13/h4-7,9H,8H2,1-3H3,(H,14,16). The number of nitrogens with zero attached hydrogens (tertiary/aromatic N) is 1. The monoisotopic (exact) mass is 332 g/mol. The molecule has 0 atom stereocenters. The summed E-state index contributed by atoms with van der Waals surface area (Å²) in [5.74, 6) is 0.477. The summed E-state index contributed by atoms with van der Waals surface area (Å²) in [7, 11) is 1.81. The third-order valence-electron chi connectivity index (χ3n) is 2.10. The molecule has 0 heterocycles. The van der Waals surface area contributed by atoms with E-state index < -0.39 is 0 Å². The molecule has 0 radical (unpaired) electrons. The smallest absolute Gasteiger partial charge is 0.321 e. The molecule has 0 spiro atoms. The second kappa shape index (κ2) is 6.08. The highest BCUT2D eigenvalue weighted by molar-refractivity contribution is 14.1. The Morgan fingerprint density at radius 1 is 1.44 bits per heavy atom. The van der Waals surface area contributed by atoms with Crippen LogP contribution in [-0.2, 0) is 0 Å². The van der Waals surface area contributed by atoms with Crippen LogP contribution < -0.4 is 5.32 Å². The van der Waals surface area contributed by atoms with Crippen LogP contribution in [0.25, 0.3) is 0 Å². The molecule has 0 aliphatic rings. The fourth-order valence-electron chi connectivity index (χ4n) is 1.40. The predicted molar refractivity (Wildman–Crippen MR) is 75.6 cm³/mol. The van der Waals surface area contributed by atoms with Gasteiger partial charge in [-0.1, -0.05) is 26.0 Å². The molecule has 0 saturated carbocycles. The van der Waals surface area contributed by atoms with Gasteiger partial charge in [0.2, 0.25) is 0 Å². The zero-order valence-corrected chi connectivity index (χ0v) is 12.0. The third-order valence-corrected chi connectivity index (χ3v) is 3.04. The highest BCUT2D eigenvalue weighted by Crippen LogP contribution is 2.17. The summed E-state index contributed by atoms with van der Waals surface area (Å²) in [5, 5.41) is 2.89. The molecule has 88 valence electrons. The van der Waals surface area contributed by atoms with E-state index in [-0.39, 0.29) is 6.03 Å². The number of carbonyl (C=O) groups is 1. The van der Waals surface area contributed by atoms with Crippen LogP contribution in [0.15, 0.2) is 24.3 Å². The predicted octanol–water partition coefficient (Wildman–Crippen LogP) is 3.41. The molecule has 0 saturated heterocycles. The Hall–Kier alpha value is -0.780. The molecule has 0 bridgehead atoms. The minimum atomic E-state index is -0.0576. The van der Waals surface area contributed by atoms with Gasteiger partial charge >= 0.3 is 6.03 Å². The molecule has 16 heavy (non-hydrogen) atoms. The Morgan fingerprint density at radius 2 is 2.06 bits per heavy atom. The van der Waals surface area contributed by atoms with E-state index in [1.165, 1.54) is 0 Å². The number of anilines is 1. The molecule has 0 aromatic heterocycles. The quantitative estimate of drug-likeness (QED) is 0.846. The third kappa shape index (κ3) is 4.00. The number of hydrogen-bond acceptors (Lipinski definition) is 1. The number of rotatable bonds is 3. The van der Waals surface area contributed by atoms with Crippen molar-refractivity contribution in [2.24, 2.45) is 5.92 Å². The zero-order valence-electron chi connectivity index (χ0n) is 9.83. The Kier molecular flexibility index (Phi) is 5.05. The average Bonchev–Trinajstić information content (AvgIpc) is 2.20. The molecule has 2 amide bonds. The SMILES string of the molecule is CC(C)CN(C)C(=O)Nc1ccccc1I. The number of para-hydroxylation sites is 1. The van der Waals surface area contributed by atoms with Crippen LogP contribution in [0.5, 0.6) is 0 Å². The number of benzene rings is 1. The van der Waals surface area contributed by atoms with Gasteiger partial charge in [-0.15, -0.1) is 0 Å². The maximum absolute atomic E-state index is 11.8. The molecule has 1 aromatic carbocycles. The van der Waals surface area contributed by atoms with Crippen molar-refractivity contribution in [3.63, 3.8) is 0 Å². The summed E-state index contributed by atoms with van der Waals surface area (Å²) in [5.41, 5.74) is 0.865. The van der Waals surface area contributed by atoms with Gasteiger partial charge < -0.3 is 10.2 Å². The lowest BCUT2D eigenvalue weighted by Crippen LogP contribution is -2.34. The molecule has 1 aromatic rings. The molecule has 4 heteroatoms. The van der Waals surface area contributed by atoms with Crippen molar-refractivity contribution in [3.05, 3.63) is 27.8 Å². The number of hydrogen-bond donors (Lipinski definition) is 1. The molecular weight excluding hydrogens is 315 g/mol. The van der Waals surface area contributed by atoms with Crippen LogP contribution in [0.3, 0.4) is 0 Å². The first kappa shape index (κ1) is 13.3. The Balaban J connectivity index is 2.61. The second-order valence-electron chi connectivity index (χ2n) is 4.18. The topological polar surface area (TPSA) is 32.3 Å². The van der Waals surface area contributed by atoms with Crippen LogP contribution in [0, 0.1) is 9.49 Å². The highest BCUT2D eigenvalue weighted by atomic mass is 127. The van der Waals surface area contributed by atoms with E-state index in [0.29, 0.717) is 5.92 Å². The van der Waals surface area contributed by atoms with E-state index in [0.717, 1.165) is 15.8 Å². The Bertz CT molecular complexity index is 366. The second-order valence-corrected chi connectivity index (χ2v) is 5.35. The van der Waals surface area contributed by atoms with Crippen molar-refractivity contribution < 1.29 is 4.79 Å². The lowest BCUT2D eigenvalue weighted by atomic mass is 10.2. The van der Waals surface area contributed by atoms with E-state index in [1.54, 1.807) is 4.90 Å². The molecular formula is C12H17IN2O. The van der Waals surface area contributed by atoms with Gasteiger partial charge in [-0.2, -0.15) is 0 Å². The first-order chi connectivity index (χ1) is 7.50. The van der Waals surface area contributed by atoms with Gasteiger partial charge in [-0.25, -0.2) is 4.79 Å². The first-order valence-electron chi connectivity index (χ1n) is 5.27. The van der Waals surface area contributed by atoms with Gasteiger partial charge in [0.15, 0.2) is 0 Å². The van der Waals surface area contributed by atoms with Crippen molar-refractivity contribution in [1.29, 1.82) is 0 Å². The molecule has 1 N–H and O–H groups in total. The molecule has 0 unspecified atom stereocenters. The Morgan fingerprint density at radius 3 is 2.62 bits per heavy atom. The fraction of sp³-hybridized carbons (Fsp3) is 0.417. The van der Waals surface area contributed by atoms with E-state index in [4.69, 9.17) is 0 Å². The van der Waals surface area contributed by atoms with Gasteiger partial charge in [-0.3, -0.25) is 0 Å². The first-order valence-corrected chi connectivity index (χ1v) is 6.35. The zero-order chi connectivity index (χ0) is 12.1. The summed E-state index contributed by atoms with van der Waals surface area (Å²) >= 11 is 2.21. The fourth-order valence-corrected chi connectivity index (χ4v) is 1.93. The van der Waals surface area contributed by atoms with E-state index in [1.807, 2.05) is 31.3 Å². The molecule has 0 fully saturated rings. The molecule has 1 rings (SSSR count). The summed E-state index contributed by atoms with van der Waals surface area (Å²) in [6.07, 6.45) is 0. The van der Waals surface area contributed by atoms with Crippen LogP contribution >= 0.6 is 22.6 Å². The molecule has 0 aliphatic carbocycles. The van der Waals surface area contributed by atoms with Gasteiger partial charge in [0.05, 0.1) is 5.69 Å². The summed E-state index contributed by atoms with van der Waals surface area (Å²) < 4.78 is 1.05. The van der Waals surface area contributed by atoms with Crippen molar-refractivity contribution in [3.8, 4) is 0 Å². The minimum absolute atomic E-state index is 0.0576. The van der Waals surface area contributed by atoms with Crippen LogP contribution in [0.2, 0.25) is 0 Å². The number of amides is 2. The van der Waals surface area contributed by atoms with Gasteiger partial charge in [0.1, 0.15) is 0 Å². The largest absolute Gasteiger partial charge is 0.327 e. The van der Waals surface area contributed by atoms with Crippen LogP contribution in [0.4, 0.5) is 10.5 Å². The molecule has 3 nitrogen and oxygen atoms in total. The van der Waals surface area contributed by atoms with E-state index in [2.05, 4.69) is 41.8 Å². The van der Waals surface area contributed by atoms with Crippen molar-refractivity contribution in [2.45, 2.75) is 13.8 Å². The number of carbonyl (C=O) groups excluding carboxylic acids is 1. The summed E-state index contributed by atoms with van der Waals surface area (Å²) in [4.78, 5) is 13.5. The average molecular weight is 332 g/mol. The van der Waals surface area contributed by atoms with E-state index in [9.17, 15) is 4.79 Å². The normalized spacial score (nSPS) is 10.3. The minimum Gasteiger partial charge on any atom is -0.327 e. The lowest BCUT2D eigenvalue weighted by Gasteiger charge is -2.20. The maximum Gasteiger partial charge on any atom is 0.321 e. The van der Waals surface area contributed by atoms with Crippen LogP contribution in [-0.4, -0.2) is 24.5 Å². The summed E-state index contributed by atoms with van der Waals surface area (Å²) in [6, 6.07) is 7.69. The van der Waals surface area contributed by atoms with Crippen molar-refractivity contribution in [2.75, 3.05) is 18.9 Å². The van der Waals surface area contributed by atoms with Gasteiger partial charge in [0, 0.05) is 17.2 Å². The lowest BCUT2D eigenvalue weighted by molar-refractivity contribution is 0.217. The highest BCUT2D eigenvalue weighted by Gasteiger charge is 2.10. The van der Waals surface area contributed by atoms with E-state index >= 15 is 0 Å². The number of nitrogens with one attached hydrogen (secondary N) is 1. The van der Waals surface area contributed by atoms with Gasteiger partial charge in [0.25, 0.3) is 0 Å². The number of urea groups is 1.